The molecule has 0 amide bonds. The zero-order valence-electron chi connectivity index (χ0n) is 41.4. The van der Waals surface area contributed by atoms with Crippen LogP contribution in [0.1, 0.15) is 22.3 Å². The Kier molecular flexibility index (Phi) is 9.25. The van der Waals surface area contributed by atoms with Gasteiger partial charge < -0.3 is 13.9 Å². The van der Waals surface area contributed by atoms with Crippen LogP contribution in [0.25, 0.3) is 105 Å². The molecule has 0 unspecified atom stereocenters. The highest BCUT2D eigenvalue weighted by atomic mass is 16.3. The molecule has 354 valence electrons. The van der Waals surface area contributed by atoms with Crippen LogP contribution in [-0.4, -0.2) is 4.57 Å². The molecule has 0 saturated heterocycles. The van der Waals surface area contributed by atoms with Crippen molar-refractivity contribution in [3.05, 3.63) is 301 Å². The van der Waals surface area contributed by atoms with E-state index in [1.807, 2.05) is 0 Å². The number of furan rings is 1. The molecule has 0 radical (unpaired) electrons. The number of aromatic nitrogens is 1. The van der Waals surface area contributed by atoms with Gasteiger partial charge in [0.2, 0.25) is 0 Å². The predicted octanol–water partition coefficient (Wildman–Crippen LogP) is 19.5. The first-order valence-corrected chi connectivity index (χ1v) is 26.2. The van der Waals surface area contributed by atoms with Crippen LogP contribution in [0.5, 0.6) is 0 Å². The standard InChI is InChI=1S/C73H46N2O/c1-3-17-47(18-4-1)50-37-43-69-61(45-50)62-46-51(38-44-70(62)76-69)48-33-39-53(40-34-48)74(54-41-35-49(36-42-54)55-25-15-31-67-71(55)60-24-10-14-30-66(60)75(67)52-19-5-2-6-20-52)68-32-16-26-59-58-23-9-13-29-65(58)73(72(59)68)63-27-11-7-21-56(63)57-22-8-12-28-64(57)73/h1-46H. The fourth-order valence-electron chi connectivity index (χ4n) is 13.2. The first kappa shape index (κ1) is 42.5. The Hall–Kier alpha value is -9.96. The molecule has 3 heteroatoms. The van der Waals surface area contributed by atoms with Crippen molar-refractivity contribution >= 4 is 60.8 Å². The third-order valence-corrected chi connectivity index (χ3v) is 16.4. The van der Waals surface area contributed by atoms with Crippen molar-refractivity contribution < 1.29 is 4.42 Å². The second-order valence-corrected chi connectivity index (χ2v) is 20.3. The van der Waals surface area contributed by atoms with Gasteiger partial charge in [0, 0.05) is 44.2 Å². The lowest BCUT2D eigenvalue weighted by atomic mass is 9.70. The molecule has 12 aromatic carbocycles. The molecule has 14 aromatic rings. The maximum atomic E-state index is 6.41. The van der Waals surface area contributed by atoms with E-state index < -0.39 is 5.41 Å². The topological polar surface area (TPSA) is 21.3 Å². The van der Waals surface area contributed by atoms with Crippen LogP contribution in [0.3, 0.4) is 0 Å². The number of fused-ring (bicyclic) bond motifs is 16. The molecule has 0 N–H and O–H groups in total. The van der Waals surface area contributed by atoms with Gasteiger partial charge in [-0.2, -0.15) is 0 Å². The summed E-state index contributed by atoms with van der Waals surface area (Å²) >= 11 is 0. The Balaban J connectivity index is 0.882. The molecular weight excluding hydrogens is 921 g/mol. The lowest BCUT2D eigenvalue weighted by molar-refractivity contribution is 0.669. The van der Waals surface area contributed by atoms with E-state index in [4.69, 9.17) is 4.42 Å². The van der Waals surface area contributed by atoms with Crippen LogP contribution in [0.2, 0.25) is 0 Å². The summed E-state index contributed by atoms with van der Waals surface area (Å²) in [5.74, 6) is 0. The number of hydrogen-bond donors (Lipinski definition) is 0. The van der Waals surface area contributed by atoms with Crippen molar-refractivity contribution in [3.8, 4) is 61.3 Å². The fourth-order valence-corrected chi connectivity index (χ4v) is 13.2. The Labute approximate surface area is 440 Å². The summed E-state index contributed by atoms with van der Waals surface area (Å²) in [4.78, 5) is 2.50. The summed E-state index contributed by atoms with van der Waals surface area (Å²) in [7, 11) is 0. The SMILES string of the molecule is c1ccc(-c2ccc3oc4ccc(-c5ccc(N(c6ccc(-c7cccc8c7c7ccccc7n8-c7ccccc7)cc6)c6cccc7c6C6(c8ccccc8-c8ccccc86)c6ccccc6-7)cc5)cc4c3c2)cc1. The molecule has 1 spiro atoms. The summed E-state index contributed by atoms with van der Waals surface area (Å²) in [5.41, 5.74) is 25.5. The van der Waals surface area contributed by atoms with E-state index in [2.05, 4.69) is 289 Å². The summed E-state index contributed by atoms with van der Waals surface area (Å²) < 4.78 is 8.81. The van der Waals surface area contributed by atoms with Gasteiger partial charge >= 0.3 is 0 Å². The van der Waals surface area contributed by atoms with Gasteiger partial charge in [-0.15, -0.1) is 0 Å². The summed E-state index contributed by atoms with van der Waals surface area (Å²) in [6, 6.07) is 103. The smallest absolute Gasteiger partial charge is 0.135 e. The van der Waals surface area contributed by atoms with Crippen LogP contribution in [0, 0.1) is 0 Å². The van der Waals surface area contributed by atoms with Gasteiger partial charge in [-0.25, -0.2) is 0 Å². The Morgan fingerprint density at radius 1 is 0.316 bits per heavy atom. The minimum absolute atomic E-state index is 0.542. The van der Waals surface area contributed by atoms with Gasteiger partial charge in [-0.05, 0) is 151 Å². The van der Waals surface area contributed by atoms with E-state index in [0.29, 0.717) is 0 Å². The zero-order valence-corrected chi connectivity index (χ0v) is 41.4. The lowest BCUT2D eigenvalue weighted by Gasteiger charge is -2.36. The van der Waals surface area contributed by atoms with E-state index in [1.165, 1.54) is 88.6 Å². The van der Waals surface area contributed by atoms with Crippen molar-refractivity contribution in [3.63, 3.8) is 0 Å². The van der Waals surface area contributed by atoms with Crippen molar-refractivity contribution in [1.82, 2.24) is 4.57 Å². The summed E-state index contributed by atoms with van der Waals surface area (Å²) in [6.07, 6.45) is 0. The van der Waals surface area contributed by atoms with Gasteiger partial charge in [0.1, 0.15) is 11.2 Å². The zero-order chi connectivity index (χ0) is 49.9. The van der Waals surface area contributed by atoms with E-state index in [-0.39, 0.29) is 0 Å². The largest absolute Gasteiger partial charge is 0.456 e. The Morgan fingerprint density at radius 2 is 0.776 bits per heavy atom. The maximum absolute atomic E-state index is 6.41. The summed E-state index contributed by atoms with van der Waals surface area (Å²) in [5, 5.41) is 4.71. The molecule has 16 rings (SSSR count). The lowest BCUT2D eigenvalue weighted by Crippen LogP contribution is -2.28. The highest BCUT2D eigenvalue weighted by Gasteiger charge is 2.53. The van der Waals surface area contributed by atoms with Gasteiger partial charge in [0.25, 0.3) is 0 Å². The van der Waals surface area contributed by atoms with Crippen LogP contribution < -0.4 is 4.90 Å². The maximum Gasteiger partial charge on any atom is 0.135 e. The normalized spacial score (nSPS) is 12.8. The van der Waals surface area contributed by atoms with E-state index in [0.717, 1.165) is 55.8 Å². The van der Waals surface area contributed by atoms with E-state index in [9.17, 15) is 0 Å². The van der Waals surface area contributed by atoms with Crippen molar-refractivity contribution in [2.45, 2.75) is 5.41 Å². The monoisotopic (exact) mass is 966 g/mol. The molecule has 0 bridgehead atoms. The molecule has 2 aliphatic rings. The predicted molar refractivity (Wildman–Crippen MR) is 315 cm³/mol. The molecule has 0 atom stereocenters. The molecule has 2 aliphatic carbocycles. The van der Waals surface area contributed by atoms with Crippen molar-refractivity contribution in [2.24, 2.45) is 0 Å². The van der Waals surface area contributed by atoms with Crippen molar-refractivity contribution in [1.29, 1.82) is 0 Å². The fraction of sp³-hybridized carbons (Fsp3) is 0.0137. The minimum Gasteiger partial charge on any atom is -0.456 e. The second kappa shape index (κ2) is 16.5. The molecule has 3 nitrogen and oxygen atoms in total. The molecular formula is C73H46N2O. The quantitative estimate of drug-likeness (QED) is 0.159. The average molecular weight is 967 g/mol. The van der Waals surface area contributed by atoms with Crippen LogP contribution in [-0.2, 0) is 5.41 Å². The Morgan fingerprint density at radius 3 is 1.41 bits per heavy atom. The van der Waals surface area contributed by atoms with Gasteiger partial charge in [0.15, 0.2) is 0 Å². The number of rotatable bonds is 7. The number of nitrogens with zero attached hydrogens (tertiary/aromatic N) is 2. The van der Waals surface area contributed by atoms with E-state index in [1.54, 1.807) is 0 Å². The average Bonchev–Trinajstić information content (AvgIpc) is 4.42. The Bertz CT molecular complexity index is 4560. The van der Waals surface area contributed by atoms with Crippen LogP contribution >= 0.6 is 0 Å². The minimum atomic E-state index is -0.542. The molecule has 0 saturated carbocycles. The highest BCUT2D eigenvalue weighted by molar-refractivity contribution is 6.16. The van der Waals surface area contributed by atoms with Crippen LogP contribution in [0.15, 0.2) is 283 Å². The number of para-hydroxylation sites is 2. The highest BCUT2D eigenvalue weighted by Crippen LogP contribution is 2.65. The molecule has 0 fully saturated rings. The van der Waals surface area contributed by atoms with Crippen LogP contribution in [0.4, 0.5) is 17.1 Å². The van der Waals surface area contributed by atoms with Gasteiger partial charge in [-0.3, -0.25) is 0 Å². The molecule has 2 aromatic heterocycles. The second-order valence-electron chi connectivity index (χ2n) is 20.3. The molecule has 0 aliphatic heterocycles. The third kappa shape index (κ3) is 6.11. The van der Waals surface area contributed by atoms with E-state index >= 15 is 0 Å². The number of anilines is 3. The third-order valence-electron chi connectivity index (χ3n) is 16.4. The molecule has 2 heterocycles. The first-order chi connectivity index (χ1) is 37.7. The molecule has 76 heavy (non-hydrogen) atoms. The number of hydrogen-bond acceptors (Lipinski definition) is 2. The van der Waals surface area contributed by atoms with Crippen molar-refractivity contribution in [2.75, 3.05) is 4.90 Å². The number of benzene rings is 12. The van der Waals surface area contributed by atoms with Gasteiger partial charge in [-0.1, -0.05) is 200 Å². The van der Waals surface area contributed by atoms with Gasteiger partial charge in [0.05, 0.1) is 22.1 Å². The summed E-state index contributed by atoms with van der Waals surface area (Å²) in [6.45, 7) is 0. The first-order valence-electron chi connectivity index (χ1n) is 26.2.